The van der Waals surface area contributed by atoms with Crippen LogP contribution in [0, 0.1) is 0 Å². The minimum atomic E-state index is -0.869. The zero-order chi connectivity index (χ0) is 14.5. The van der Waals surface area contributed by atoms with Crippen molar-refractivity contribution in [3.05, 3.63) is 53.4 Å². The molecule has 1 heterocycles. The van der Waals surface area contributed by atoms with Crippen LogP contribution >= 0.6 is 11.6 Å². The molecule has 0 saturated carbocycles. The number of carbonyl (C=O) groups is 1. The highest BCUT2D eigenvalue weighted by molar-refractivity contribution is 6.30. The molecule has 1 aromatic heterocycles. The number of rotatable bonds is 6. The molecule has 0 fully saturated rings. The van der Waals surface area contributed by atoms with Gasteiger partial charge in [0.05, 0.1) is 6.26 Å². The van der Waals surface area contributed by atoms with E-state index >= 15 is 0 Å². The molecular formula is C15H16ClNO3. The van der Waals surface area contributed by atoms with Gasteiger partial charge in [-0.05, 0) is 43.3 Å². The van der Waals surface area contributed by atoms with Crippen molar-refractivity contribution in [2.24, 2.45) is 0 Å². The monoisotopic (exact) mass is 293 g/mol. The Hall–Kier alpha value is -1.94. The second-order valence-electron chi connectivity index (χ2n) is 4.63. The van der Waals surface area contributed by atoms with Gasteiger partial charge in [0.1, 0.15) is 12.3 Å². The summed E-state index contributed by atoms with van der Waals surface area (Å²) in [5, 5.41) is 9.71. The number of halogens is 1. The first-order chi connectivity index (χ1) is 9.56. The van der Waals surface area contributed by atoms with Gasteiger partial charge in [0.25, 0.3) is 0 Å². The van der Waals surface area contributed by atoms with Crippen molar-refractivity contribution in [3.63, 3.8) is 0 Å². The second kappa shape index (κ2) is 6.48. The molecule has 5 heteroatoms. The van der Waals surface area contributed by atoms with E-state index in [-0.39, 0.29) is 12.6 Å². The molecule has 0 aliphatic heterocycles. The number of carboxylic acid groups (broad SMARTS) is 1. The van der Waals surface area contributed by atoms with Gasteiger partial charge in [0, 0.05) is 23.2 Å². The highest BCUT2D eigenvalue weighted by Gasteiger charge is 2.18. The molecule has 0 aliphatic carbocycles. The highest BCUT2D eigenvalue weighted by Crippen LogP contribution is 2.21. The predicted octanol–water partition coefficient (Wildman–Crippen LogP) is 3.46. The topological polar surface area (TPSA) is 53.7 Å². The van der Waals surface area contributed by atoms with Crippen LogP contribution in [0.3, 0.4) is 0 Å². The number of anilines is 1. The summed E-state index contributed by atoms with van der Waals surface area (Å²) in [6.45, 7) is 1.91. The standard InChI is InChI=1S/C15H16ClNO3/c1-11(9-14-3-2-8-20-14)17(10-15(18)19)13-6-4-12(16)5-7-13/h2-8,11H,9-10H2,1H3,(H,18,19). The van der Waals surface area contributed by atoms with Crippen molar-refractivity contribution in [3.8, 4) is 0 Å². The van der Waals surface area contributed by atoms with E-state index < -0.39 is 5.97 Å². The maximum absolute atomic E-state index is 11.1. The fourth-order valence-corrected chi connectivity index (χ4v) is 2.24. The number of aliphatic carboxylic acids is 1. The fraction of sp³-hybridized carbons (Fsp3) is 0.267. The molecule has 20 heavy (non-hydrogen) atoms. The number of nitrogens with zero attached hydrogens (tertiary/aromatic N) is 1. The van der Waals surface area contributed by atoms with E-state index in [9.17, 15) is 4.79 Å². The Balaban J connectivity index is 2.17. The van der Waals surface area contributed by atoms with Crippen LogP contribution in [0.15, 0.2) is 47.1 Å². The lowest BCUT2D eigenvalue weighted by molar-refractivity contribution is -0.135. The van der Waals surface area contributed by atoms with Crippen LogP contribution in [0.25, 0.3) is 0 Å². The maximum Gasteiger partial charge on any atom is 0.323 e. The smallest absolute Gasteiger partial charge is 0.323 e. The zero-order valence-corrected chi connectivity index (χ0v) is 11.9. The summed E-state index contributed by atoms with van der Waals surface area (Å²) in [5.41, 5.74) is 0.829. The second-order valence-corrected chi connectivity index (χ2v) is 5.07. The summed E-state index contributed by atoms with van der Waals surface area (Å²) in [4.78, 5) is 12.9. The SMILES string of the molecule is CC(Cc1ccco1)N(CC(=O)O)c1ccc(Cl)cc1. The van der Waals surface area contributed by atoms with E-state index in [4.69, 9.17) is 21.1 Å². The largest absolute Gasteiger partial charge is 0.480 e. The Labute approximate surface area is 122 Å². The fourth-order valence-electron chi connectivity index (χ4n) is 2.11. The first kappa shape index (κ1) is 14.5. The average Bonchev–Trinajstić information content (AvgIpc) is 2.89. The molecule has 0 spiro atoms. The Morgan fingerprint density at radius 1 is 1.35 bits per heavy atom. The van der Waals surface area contributed by atoms with Gasteiger partial charge < -0.3 is 14.4 Å². The highest BCUT2D eigenvalue weighted by atomic mass is 35.5. The Kier molecular flexibility index (Phi) is 4.69. The van der Waals surface area contributed by atoms with Gasteiger partial charge in [-0.2, -0.15) is 0 Å². The summed E-state index contributed by atoms with van der Waals surface area (Å²) < 4.78 is 5.32. The zero-order valence-electron chi connectivity index (χ0n) is 11.1. The summed E-state index contributed by atoms with van der Waals surface area (Å²) in [7, 11) is 0. The predicted molar refractivity (Wildman–Crippen MR) is 78.3 cm³/mol. The van der Waals surface area contributed by atoms with Crippen molar-refractivity contribution in [1.29, 1.82) is 0 Å². The van der Waals surface area contributed by atoms with Crippen LogP contribution < -0.4 is 4.90 Å². The molecule has 2 rings (SSSR count). The molecule has 0 amide bonds. The minimum Gasteiger partial charge on any atom is -0.480 e. The lowest BCUT2D eigenvalue weighted by Gasteiger charge is -2.29. The first-order valence-corrected chi connectivity index (χ1v) is 6.70. The normalized spacial score (nSPS) is 12.1. The van der Waals surface area contributed by atoms with E-state index in [1.165, 1.54) is 0 Å². The molecule has 1 aromatic carbocycles. The molecule has 1 unspecified atom stereocenters. The van der Waals surface area contributed by atoms with E-state index in [2.05, 4.69) is 0 Å². The summed E-state index contributed by atoms with van der Waals surface area (Å²) in [6.07, 6.45) is 2.26. The van der Waals surface area contributed by atoms with Gasteiger partial charge in [-0.15, -0.1) is 0 Å². The summed E-state index contributed by atoms with van der Waals surface area (Å²) >= 11 is 5.87. The molecule has 0 aliphatic rings. The molecule has 1 atom stereocenters. The van der Waals surface area contributed by atoms with Gasteiger partial charge in [0.2, 0.25) is 0 Å². The summed E-state index contributed by atoms with van der Waals surface area (Å²) in [6, 6.07) is 10.9. The first-order valence-electron chi connectivity index (χ1n) is 6.32. The van der Waals surface area contributed by atoms with Gasteiger partial charge in [-0.3, -0.25) is 4.79 Å². The number of hydrogen-bond donors (Lipinski definition) is 1. The molecule has 0 saturated heterocycles. The van der Waals surface area contributed by atoms with Crippen LogP contribution in [-0.2, 0) is 11.2 Å². The maximum atomic E-state index is 11.1. The van der Waals surface area contributed by atoms with Gasteiger partial charge in [-0.25, -0.2) is 0 Å². The van der Waals surface area contributed by atoms with Gasteiger partial charge in [0.15, 0.2) is 0 Å². The Morgan fingerprint density at radius 2 is 2.05 bits per heavy atom. The van der Waals surface area contributed by atoms with E-state index in [0.29, 0.717) is 11.4 Å². The average molecular weight is 294 g/mol. The van der Waals surface area contributed by atoms with E-state index in [1.54, 1.807) is 18.4 Å². The van der Waals surface area contributed by atoms with Crippen molar-refractivity contribution in [2.75, 3.05) is 11.4 Å². The number of carboxylic acids is 1. The molecular weight excluding hydrogens is 278 g/mol. The van der Waals surface area contributed by atoms with Crippen molar-refractivity contribution in [2.45, 2.75) is 19.4 Å². The third-order valence-electron chi connectivity index (χ3n) is 3.07. The minimum absolute atomic E-state index is 0.00146. The van der Waals surface area contributed by atoms with Crippen LogP contribution in [0.5, 0.6) is 0 Å². The van der Waals surface area contributed by atoms with Crippen molar-refractivity contribution < 1.29 is 14.3 Å². The third kappa shape index (κ3) is 3.78. The molecule has 1 N–H and O–H groups in total. The van der Waals surface area contributed by atoms with Crippen LogP contribution in [0.4, 0.5) is 5.69 Å². The van der Waals surface area contributed by atoms with E-state index in [0.717, 1.165) is 11.4 Å². The lowest BCUT2D eigenvalue weighted by atomic mass is 10.1. The van der Waals surface area contributed by atoms with Crippen molar-refractivity contribution >= 4 is 23.3 Å². The van der Waals surface area contributed by atoms with Crippen molar-refractivity contribution in [1.82, 2.24) is 0 Å². The van der Waals surface area contributed by atoms with Gasteiger partial charge >= 0.3 is 5.97 Å². The number of benzene rings is 1. The van der Waals surface area contributed by atoms with Crippen LogP contribution in [-0.4, -0.2) is 23.7 Å². The van der Waals surface area contributed by atoms with Gasteiger partial charge in [-0.1, -0.05) is 11.6 Å². The van der Waals surface area contributed by atoms with Crippen LogP contribution in [0.2, 0.25) is 5.02 Å². The van der Waals surface area contributed by atoms with Crippen LogP contribution in [0.1, 0.15) is 12.7 Å². The van der Waals surface area contributed by atoms with E-state index in [1.807, 2.05) is 36.1 Å². The summed E-state index contributed by atoms with van der Waals surface area (Å²) in [5.74, 6) is -0.0342. The molecule has 106 valence electrons. The third-order valence-corrected chi connectivity index (χ3v) is 3.32. The Morgan fingerprint density at radius 3 is 2.60 bits per heavy atom. The molecule has 4 nitrogen and oxygen atoms in total. The lowest BCUT2D eigenvalue weighted by Crippen LogP contribution is -2.38. The quantitative estimate of drug-likeness (QED) is 0.886. The Bertz CT molecular complexity index is 551. The molecule has 0 bridgehead atoms. The number of hydrogen-bond acceptors (Lipinski definition) is 3. The molecule has 2 aromatic rings. The molecule has 0 radical (unpaired) electrons. The number of furan rings is 1.